The van der Waals surface area contributed by atoms with Crippen molar-refractivity contribution >= 4 is 27.5 Å². The van der Waals surface area contributed by atoms with Gasteiger partial charge < -0.3 is 10.2 Å². The monoisotopic (exact) mass is 557 g/mol. The van der Waals surface area contributed by atoms with E-state index in [9.17, 15) is 26.8 Å². The van der Waals surface area contributed by atoms with E-state index in [2.05, 4.69) is 5.32 Å². The van der Waals surface area contributed by atoms with E-state index in [1.54, 1.807) is 0 Å². The number of benzene rings is 3. The van der Waals surface area contributed by atoms with E-state index in [1.165, 1.54) is 47.4 Å². The number of rotatable bonds is 12. The van der Waals surface area contributed by atoms with E-state index in [0.717, 1.165) is 22.2 Å². The van der Waals surface area contributed by atoms with E-state index in [4.69, 9.17) is 0 Å². The maximum Gasteiger partial charge on any atom is 0.244 e. The van der Waals surface area contributed by atoms with Gasteiger partial charge in [0.15, 0.2) is 0 Å². The molecule has 0 saturated heterocycles. The molecule has 0 fully saturated rings. The fourth-order valence-corrected chi connectivity index (χ4v) is 4.87. The molecular weight excluding hydrogens is 524 g/mol. The minimum absolute atomic E-state index is 0.0174. The number of nitrogens with one attached hydrogen (secondary N) is 1. The fraction of sp³-hybridized carbons (Fsp3) is 0.310. The molecule has 0 spiro atoms. The Kier molecular flexibility index (Phi) is 10.2. The van der Waals surface area contributed by atoms with Crippen LogP contribution >= 0.6 is 0 Å². The number of hydrogen-bond acceptors (Lipinski definition) is 4. The molecule has 3 aromatic rings. The van der Waals surface area contributed by atoms with Crippen LogP contribution in [0, 0.1) is 11.6 Å². The molecule has 3 rings (SSSR count). The Morgan fingerprint density at radius 1 is 0.897 bits per heavy atom. The Labute approximate surface area is 228 Å². The summed E-state index contributed by atoms with van der Waals surface area (Å²) in [5.41, 5.74) is 1.33. The lowest BCUT2D eigenvalue weighted by Crippen LogP contribution is -2.54. The third-order valence-electron chi connectivity index (χ3n) is 6.31. The van der Waals surface area contributed by atoms with Crippen molar-refractivity contribution in [2.75, 3.05) is 17.1 Å². The summed E-state index contributed by atoms with van der Waals surface area (Å²) in [6.45, 7) is 3.02. The molecule has 0 aromatic heterocycles. The largest absolute Gasteiger partial charge is 0.352 e. The Bertz CT molecular complexity index is 1370. The van der Waals surface area contributed by atoms with Crippen LogP contribution in [0.4, 0.5) is 14.5 Å². The predicted molar refractivity (Wildman–Crippen MR) is 147 cm³/mol. The number of hydrogen-bond donors (Lipinski definition) is 1. The zero-order valence-electron chi connectivity index (χ0n) is 22.2. The topological polar surface area (TPSA) is 86.8 Å². The maximum absolute atomic E-state index is 14.0. The number of nitrogens with zero attached hydrogens (tertiary/aromatic N) is 2. The van der Waals surface area contributed by atoms with E-state index in [-0.39, 0.29) is 24.7 Å². The normalized spacial score (nSPS) is 12.8. The summed E-state index contributed by atoms with van der Waals surface area (Å²) >= 11 is 0. The van der Waals surface area contributed by atoms with Gasteiger partial charge in [-0.3, -0.25) is 13.9 Å². The highest BCUT2D eigenvalue weighted by molar-refractivity contribution is 7.92. The maximum atomic E-state index is 14.0. The second kappa shape index (κ2) is 13.3. The van der Waals surface area contributed by atoms with Gasteiger partial charge in [-0.1, -0.05) is 55.5 Å². The van der Waals surface area contributed by atoms with E-state index < -0.39 is 46.1 Å². The molecule has 3 aromatic carbocycles. The van der Waals surface area contributed by atoms with Crippen LogP contribution in [-0.4, -0.2) is 50.0 Å². The quantitative estimate of drug-likeness (QED) is 0.360. The first-order valence-corrected chi connectivity index (χ1v) is 14.4. The van der Waals surface area contributed by atoms with Gasteiger partial charge in [-0.15, -0.1) is 0 Å². The van der Waals surface area contributed by atoms with Gasteiger partial charge in [0.25, 0.3) is 0 Å². The van der Waals surface area contributed by atoms with Crippen LogP contribution in [0.1, 0.15) is 31.4 Å². The highest BCUT2D eigenvalue weighted by Gasteiger charge is 2.33. The van der Waals surface area contributed by atoms with Crippen LogP contribution < -0.4 is 9.62 Å². The van der Waals surface area contributed by atoms with E-state index >= 15 is 0 Å². The van der Waals surface area contributed by atoms with Crippen LogP contribution in [0.3, 0.4) is 0 Å². The molecule has 0 radical (unpaired) electrons. The molecule has 39 heavy (non-hydrogen) atoms. The molecule has 208 valence electrons. The fourth-order valence-electron chi connectivity index (χ4n) is 4.03. The van der Waals surface area contributed by atoms with Crippen molar-refractivity contribution in [3.8, 4) is 0 Å². The number of halogens is 2. The third kappa shape index (κ3) is 8.61. The molecule has 0 aliphatic heterocycles. The second-order valence-corrected chi connectivity index (χ2v) is 11.3. The smallest absolute Gasteiger partial charge is 0.244 e. The molecule has 2 amide bonds. The molecule has 0 aliphatic carbocycles. The van der Waals surface area contributed by atoms with Crippen LogP contribution in [0.2, 0.25) is 0 Å². The first-order valence-electron chi connectivity index (χ1n) is 12.6. The molecule has 7 nitrogen and oxygen atoms in total. The molecule has 10 heteroatoms. The Morgan fingerprint density at radius 3 is 2.15 bits per heavy atom. The van der Waals surface area contributed by atoms with Crippen molar-refractivity contribution in [1.29, 1.82) is 0 Å². The summed E-state index contributed by atoms with van der Waals surface area (Å²) in [5.74, 6) is -2.19. The highest BCUT2D eigenvalue weighted by Crippen LogP contribution is 2.21. The van der Waals surface area contributed by atoms with Crippen LogP contribution in [0.25, 0.3) is 0 Å². The Balaban J connectivity index is 2.05. The van der Waals surface area contributed by atoms with Gasteiger partial charge in [-0.2, -0.15) is 0 Å². The molecule has 0 heterocycles. The van der Waals surface area contributed by atoms with Gasteiger partial charge in [0.2, 0.25) is 21.8 Å². The predicted octanol–water partition coefficient (Wildman–Crippen LogP) is 4.29. The summed E-state index contributed by atoms with van der Waals surface area (Å²) in [7, 11) is -4.00. The van der Waals surface area contributed by atoms with E-state index in [0.29, 0.717) is 12.0 Å². The Morgan fingerprint density at radius 2 is 1.56 bits per heavy atom. The summed E-state index contributed by atoms with van der Waals surface area (Å²) < 4.78 is 53.8. The van der Waals surface area contributed by atoms with Crippen molar-refractivity contribution in [2.24, 2.45) is 0 Å². The molecule has 1 N–H and O–H groups in total. The standard InChI is InChI=1S/C29H33F2N3O4S/c1-4-21(2)32-29(36)27(17-22-9-6-5-7-10-22)33(19-23-13-15-24(30)16-14-23)28(35)20-34(39(3,37)38)26-12-8-11-25(31)18-26/h5-16,18,21,27H,4,17,19-20H2,1-3H3,(H,32,36)/t21-,27-/m0/s1. The average molecular weight is 558 g/mol. The van der Waals surface area contributed by atoms with Gasteiger partial charge in [-0.25, -0.2) is 17.2 Å². The average Bonchev–Trinajstić information content (AvgIpc) is 2.90. The van der Waals surface area contributed by atoms with Crippen LogP contribution in [-0.2, 0) is 32.6 Å². The van der Waals surface area contributed by atoms with Gasteiger partial charge in [0.05, 0.1) is 11.9 Å². The molecular formula is C29H33F2N3O4S. The molecule has 0 unspecified atom stereocenters. The van der Waals surface area contributed by atoms with Gasteiger partial charge in [0.1, 0.15) is 24.2 Å². The lowest BCUT2D eigenvalue weighted by atomic mass is 10.0. The molecule has 0 bridgehead atoms. The summed E-state index contributed by atoms with van der Waals surface area (Å²) in [5, 5.41) is 2.93. The van der Waals surface area contributed by atoms with Crippen molar-refractivity contribution in [3.05, 3.63) is 102 Å². The van der Waals surface area contributed by atoms with Crippen LogP contribution in [0.15, 0.2) is 78.9 Å². The van der Waals surface area contributed by atoms with Crippen molar-refractivity contribution in [3.63, 3.8) is 0 Å². The van der Waals surface area contributed by atoms with Crippen molar-refractivity contribution in [1.82, 2.24) is 10.2 Å². The Hall–Kier alpha value is -3.79. The number of carbonyl (C=O) groups is 2. The summed E-state index contributed by atoms with van der Waals surface area (Å²) in [6.07, 6.45) is 1.75. The summed E-state index contributed by atoms with van der Waals surface area (Å²) in [4.78, 5) is 28.8. The highest BCUT2D eigenvalue weighted by atomic mass is 32.2. The minimum atomic E-state index is -4.00. The second-order valence-electron chi connectivity index (χ2n) is 9.42. The number of amides is 2. The molecule has 2 atom stereocenters. The molecule has 0 aliphatic rings. The zero-order valence-corrected chi connectivity index (χ0v) is 23.0. The van der Waals surface area contributed by atoms with Crippen molar-refractivity contribution in [2.45, 2.75) is 45.3 Å². The minimum Gasteiger partial charge on any atom is -0.352 e. The molecule has 0 saturated carbocycles. The van der Waals surface area contributed by atoms with Gasteiger partial charge in [0, 0.05) is 19.0 Å². The number of sulfonamides is 1. The summed E-state index contributed by atoms with van der Waals surface area (Å²) in [6, 6.07) is 18.4. The first-order chi connectivity index (χ1) is 18.5. The SMILES string of the molecule is CC[C@H](C)NC(=O)[C@H](Cc1ccccc1)N(Cc1ccc(F)cc1)C(=O)CN(c1cccc(F)c1)S(C)(=O)=O. The lowest BCUT2D eigenvalue weighted by Gasteiger charge is -2.34. The van der Waals surface area contributed by atoms with Gasteiger partial charge in [-0.05, 0) is 54.8 Å². The zero-order chi connectivity index (χ0) is 28.6. The van der Waals surface area contributed by atoms with Gasteiger partial charge >= 0.3 is 0 Å². The van der Waals surface area contributed by atoms with Crippen LogP contribution in [0.5, 0.6) is 0 Å². The van der Waals surface area contributed by atoms with Crippen molar-refractivity contribution < 1.29 is 26.8 Å². The number of anilines is 1. The third-order valence-corrected chi connectivity index (χ3v) is 7.45. The lowest BCUT2D eigenvalue weighted by molar-refractivity contribution is -0.140. The van der Waals surface area contributed by atoms with E-state index in [1.807, 2.05) is 44.2 Å². The first kappa shape index (κ1) is 29.8. The number of carbonyl (C=O) groups excluding carboxylic acids is 2.